The van der Waals surface area contributed by atoms with Crippen molar-refractivity contribution in [2.45, 2.75) is 12.8 Å². The molecule has 0 spiro atoms. The maximum Gasteiger partial charge on any atom is 0.238 e. The van der Waals surface area contributed by atoms with Crippen LogP contribution >= 0.6 is 11.6 Å². The Labute approximate surface area is 192 Å². The van der Waals surface area contributed by atoms with Gasteiger partial charge in [-0.05, 0) is 73.5 Å². The number of carbonyl (C=O) groups excluding carboxylic acids is 1. The van der Waals surface area contributed by atoms with Crippen molar-refractivity contribution < 1.29 is 4.79 Å². The van der Waals surface area contributed by atoms with E-state index in [1.165, 1.54) is 12.8 Å². The Balaban J connectivity index is 1.44. The molecule has 0 unspecified atom stereocenters. The van der Waals surface area contributed by atoms with Gasteiger partial charge < -0.3 is 5.32 Å². The summed E-state index contributed by atoms with van der Waals surface area (Å²) in [5, 5.41) is 4.72. The van der Waals surface area contributed by atoms with Gasteiger partial charge >= 0.3 is 0 Å². The molecular formula is C27H24ClN3O. The second-order valence-electron chi connectivity index (χ2n) is 8.19. The number of benzene rings is 3. The highest BCUT2D eigenvalue weighted by molar-refractivity contribution is 6.31. The number of carbonyl (C=O) groups is 1. The van der Waals surface area contributed by atoms with Gasteiger partial charge in [0.2, 0.25) is 5.91 Å². The van der Waals surface area contributed by atoms with Gasteiger partial charge in [-0.2, -0.15) is 0 Å². The van der Waals surface area contributed by atoms with Crippen molar-refractivity contribution in [3.63, 3.8) is 0 Å². The summed E-state index contributed by atoms with van der Waals surface area (Å²) < 4.78 is 0. The van der Waals surface area contributed by atoms with Crippen LogP contribution in [0.1, 0.15) is 12.8 Å². The van der Waals surface area contributed by atoms with Crippen molar-refractivity contribution in [3.05, 3.63) is 83.9 Å². The molecule has 0 aliphatic carbocycles. The van der Waals surface area contributed by atoms with Crippen molar-refractivity contribution in [1.29, 1.82) is 0 Å². The molecule has 1 saturated heterocycles. The average Bonchev–Trinajstić information content (AvgIpc) is 3.32. The molecule has 0 atom stereocenters. The molecule has 5 rings (SSSR count). The summed E-state index contributed by atoms with van der Waals surface area (Å²) in [5.41, 5.74) is 5.79. The SMILES string of the molecule is O=C(CN1CCCC1)Nc1ccc(-c2cc(-c3ccccc3)c3cc(Cl)ccc3n2)cc1. The van der Waals surface area contributed by atoms with E-state index >= 15 is 0 Å². The van der Waals surface area contributed by atoms with E-state index in [-0.39, 0.29) is 5.91 Å². The van der Waals surface area contributed by atoms with Crippen LogP contribution in [0.3, 0.4) is 0 Å². The van der Waals surface area contributed by atoms with Gasteiger partial charge in [0.15, 0.2) is 0 Å². The first kappa shape index (κ1) is 20.7. The van der Waals surface area contributed by atoms with Crippen LogP contribution in [0.5, 0.6) is 0 Å². The molecule has 4 aromatic rings. The number of nitrogens with zero attached hydrogens (tertiary/aromatic N) is 2. The zero-order valence-corrected chi connectivity index (χ0v) is 18.5. The lowest BCUT2D eigenvalue weighted by atomic mass is 9.98. The number of nitrogens with one attached hydrogen (secondary N) is 1. The number of hydrogen-bond donors (Lipinski definition) is 1. The molecule has 2 heterocycles. The smallest absolute Gasteiger partial charge is 0.238 e. The molecule has 0 saturated carbocycles. The van der Waals surface area contributed by atoms with Gasteiger partial charge in [-0.3, -0.25) is 9.69 Å². The molecule has 4 nitrogen and oxygen atoms in total. The molecule has 1 amide bonds. The molecular weight excluding hydrogens is 418 g/mol. The maximum absolute atomic E-state index is 12.3. The van der Waals surface area contributed by atoms with E-state index in [0.29, 0.717) is 11.6 Å². The molecule has 0 bridgehead atoms. The fraction of sp³-hybridized carbons (Fsp3) is 0.185. The van der Waals surface area contributed by atoms with Gasteiger partial charge in [0.1, 0.15) is 0 Å². The third kappa shape index (κ3) is 4.52. The van der Waals surface area contributed by atoms with Crippen LogP contribution in [0, 0.1) is 0 Å². The van der Waals surface area contributed by atoms with E-state index in [4.69, 9.17) is 16.6 Å². The monoisotopic (exact) mass is 441 g/mol. The third-order valence-electron chi connectivity index (χ3n) is 5.89. The number of amides is 1. The maximum atomic E-state index is 12.3. The largest absolute Gasteiger partial charge is 0.325 e. The fourth-order valence-corrected chi connectivity index (χ4v) is 4.44. The van der Waals surface area contributed by atoms with E-state index in [1.807, 2.05) is 60.7 Å². The van der Waals surface area contributed by atoms with Crippen LogP contribution in [-0.4, -0.2) is 35.4 Å². The van der Waals surface area contributed by atoms with Gasteiger partial charge in [0.25, 0.3) is 0 Å². The van der Waals surface area contributed by atoms with E-state index in [2.05, 4.69) is 28.4 Å². The minimum absolute atomic E-state index is 0.0340. The summed E-state index contributed by atoms with van der Waals surface area (Å²) in [6.07, 6.45) is 2.36. The van der Waals surface area contributed by atoms with Gasteiger partial charge in [-0.25, -0.2) is 4.98 Å². The highest BCUT2D eigenvalue weighted by Crippen LogP contribution is 2.33. The first-order chi connectivity index (χ1) is 15.7. The Morgan fingerprint density at radius 3 is 2.41 bits per heavy atom. The first-order valence-electron chi connectivity index (χ1n) is 10.9. The Morgan fingerprint density at radius 1 is 0.906 bits per heavy atom. The molecule has 3 aromatic carbocycles. The van der Waals surface area contributed by atoms with Crippen LogP contribution in [0.25, 0.3) is 33.3 Å². The quantitative estimate of drug-likeness (QED) is 0.397. The molecule has 1 N–H and O–H groups in total. The van der Waals surface area contributed by atoms with Crippen LogP contribution in [-0.2, 0) is 4.79 Å². The predicted molar refractivity (Wildman–Crippen MR) is 132 cm³/mol. The molecule has 1 fully saturated rings. The lowest BCUT2D eigenvalue weighted by Gasteiger charge is -2.14. The van der Waals surface area contributed by atoms with Gasteiger partial charge in [-0.15, -0.1) is 0 Å². The summed E-state index contributed by atoms with van der Waals surface area (Å²) in [6.45, 7) is 2.47. The summed E-state index contributed by atoms with van der Waals surface area (Å²) in [5.74, 6) is 0.0340. The topological polar surface area (TPSA) is 45.2 Å². The van der Waals surface area contributed by atoms with Crippen molar-refractivity contribution in [3.8, 4) is 22.4 Å². The molecule has 160 valence electrons. The van der Waals surface area contributed by atoms with Gasteiger partial charge in [0, 0.05) is 21.7 Å². The number of pyridine rings is 1. The zero-order chi connectivity index (χ0) is 21.9. The van der Waals surface area contributed by atoms with Crippen LogP contribution in [0.2, 0.25) is 5.02 Å². The Kier molecular flexibility index (Phi) is 5.89. The average molecular weight is 442 g/mol. The summed E-state index contributed by atoms with van der Waals surface area (Å²) >= 11 is 6.28. The van der Waals surface area contributed by atoms with E-state index in [1.54, 1.807) is 0 Å². The van der Waals surface area contributed by atoms with Crippen molar-refractivity contribution in [2.24, 2.45) is 0 Å². The molecule has 32 heavy (non-hydrogen) atoms. The molecule has 0 radical (unpaired) electrons. The minimum Gasteiger partial charge on any atom is -0.325 e. The number of aromatic nitrogens is 1. The molecule has 1 aliphatic heterocycles. The summed E-state index contributed by atoms with van der Waals surface area (Å²) in [6, 6.07) is 26.1. The van der Waals surface area contributed by atoms with E-state index < -0.39 is 0 Å². The van der Waals surface area contributed by atoms with Crippen molar-refractivity contribution in [1.82, 2.24) is 9.88 Å². The van der Waals surface area contributed by atoms with Crippen LogP contribution in [0.4, 0.5) is 5.69 Å². The lowest BCUT2D eigenvalue weighted by molar-refractivity contribution is -0.117. The molecule has 5 heteroatoms. The second kappa shape index (κ2) is 9.11. The Hall–Kier alpha value is -3.21. The molecule has 1 aliphatic rings. The van der Waals surface area contributed by atoms with E-state index in [0.717, 1.165) is 52.1 Å². The lowest BCUT2D eigenvalue weighted by Crippen LogP contribution is -2.30. The number of anilines is 1. The van der Waals surface area contributed by atoms with Crippen LogP contribution < -0.4 is 5.32 Å². The standard InChI is InChI=1S/C27H24ClN3O/c28-21-10-13-25-24(16-21)23(19-6-2-1-3-7-19)17-26(30-25)20-8-11-22(12-9-20)29-27(32)18-31-14-4-5-15-31/h1-3,6-13,16-17H,4-5,14-15,18H2,(H,29,32). The van der Waals surface area contributed by atoms with Crippen molar-refractivity contribution >= 4 is 34.1 Å². The number of hydrogen-bond acceptors (Lipinski definition) is 3. The summed E-state index contributed by atoms with van der Waals surface area (Å²) in [4.78, 5) is 19.4. The second-order valence-corrected chi connectivity index (χ2v) is 8.63. The zero-order valence-electron chi connectivity index (χ0n) is 17.7. The highest BCUT2D eigenvalue weighted by Gasteiger charge is 2.15. The molecule has 1 aromatic heterocycles. The van der Waals surface area contributed by atoms with Crippen molar-refractivity contribution in [2.75, 3.05) is 25.0 Å². The highest BCUT2D eigenvalue weighted by atomic mass is 35.5. The first-order valence-corrected chi connectivity index (χ1v) is 11.3. The number of likely N-dealkylation sites (tertiary alicyclic amines) is 1. The van der Waals surface area contributed by atoms with E-state index in [9.17, 15) is 4.79 Å². The van der Waals surface area contributed by atoms with Gasteiger partial charge in [-0.1, -0.05) is 54.1 Å². The number of rotatable bonds is 5. The number of halogens is 1. The number of fused-ring (bicyclic) bond motifs is 1. The minimum atomic E-state index is 0.0340. The normalized spacial score (nSPS) is 14.0. The predicted octanol–water partition coefficient (Wildman–Crippen LogP) is 6.26. The Bertz CT molecular complexity index is 1250. The van der Waals surface area contributed by atoms with Crippen LogP contribution in [0.15, 0.2) is 78.9 Å². The fourth-order valence-electron chi connectivity index (χ4n) is 4.27. The van der Waals surface area contributed by atoms with Gasteiger partial charge in [0.05, 0.1) is 17.8 Å². The Morgan fingerprint density at radius 2 is 1.66 bits per heavy atom. The third-order valence-corrected chi connectivity index (χ3v) is 6.12. The summed E-state index contributed by atoms with van der Waals surface area (Å²) in [7, 11) is 0.